The van der Waals surface area contributed by atoms with Gasteiger partial charge < -0.3 is 9.69 Å². The van der Waals surface area contributed by atoms with Crippen LogP contribution >= 0.6 is 0 Å². The molecule has 2 aliphatic rings. The van der Waals surface area contributed by atoms with Gasteiger partial charge in [0, 0.05) is 38.1 Å². The number of hydrogen-bond donors (Lipinski definition) is 0. The van der Waals surface area contributed by atoms with Gasteiger partial charge in [-0.3, -0.25) is 4.90 Å². The minimum atomic E-state index is 0.0654. The molecule has 3 heteroatoms. The standard InChI is InChI=1S/C10H18N2O/c1-11-4-6-12(7-5-11)8-10(9-13)2-3-10/h9H,2-8H2,1H3. The van der Waals surface area contributed by atoms with E-state index in [9.17, 15) is 4.79 Å². The summed E-state index contributed by atoms with van der Waals surface area (Å²) in [5, 5.41) is 0. The zero-order chi connectivity index (χ0) is 9.31. The Labute approximate surface area is 79.7 Å². The van der Waals surface area contributed by atoms with Crippen LogP contribution in [0.15, 0.2) is 0 Å². The molecule has 13 heavy (non-hydrogen) atoms. The van der Waals surface area contributed by atoms with Crippen LogP contribution in [0.4, 0.5) is 0 Å². The monoisotopic (exact) mass is 182 g/mol. The lowest BCUT2D eigenvalue weighted by molar-refractivity contribution is -0.113. The first-order valence-corrected chi connectivity index (χ1v) is 5.11. The van der Waals surface area contributed by atoms with E-state index in [0.29, 0.717) is 0 Å². The second kappa shape index (κ2) is 3.39. The first kappa shape index (κ1) is 9.16. The first-order valence-electron chi connectivity index (χ1n) is 5.11. The predicted molar refractivity (Wildman–Crippen MR) is 51.7 cm³/mol. The first-order chi connectivity index (χ1) is 6.24. The molecule has 3 nitrogen and oxygen atoms in total. The summed E-state index contributed by atoms with van der Waals surface area (Å²) in [6.07, 6.45) is 3.40. The maximum absolute atomic E-state index is 10.8. The lowest BCUT2D eigenvalue weighted by Gasteiger charge is -2.33. The summed E-state index contributed by atoms with van der Waals surface area (Å²) in [5.74, 6) is 0. The molecular formula is C10H18N2O. The number of carbonyl (C=O) groups is 1. The third kappa shape index (κ3) is 2.09. The van der Waals surface area contributed by atoms with Crippen LogP contribution in [0.3, 0.4) is 0 Å². The highest BCUT2D eigenvalue weighted by Crippen LogP contribution is 2.44. The molecule has 0 radical (unpaired) electrons. The molecule has 2 rings (SSSR count). The van der Waals surface area contributed by atoms with Gasteiger partial charge in [-0.15, -0.1) is 0 Å². The van der Waals surface area contributed by atoms with E-state index < -0.39 is 0 Å². The molecule has 1 heterocycles. The quantitative estimate of drug-likeness (QED) is 0.583. The summed E-state index contributed by atoms with van der Waals surface area (Å²) in [6, 6.07) is 0. The highest BCUT2D eigenvalue weighted by atomic mass is 16.1. The number of hydrogen-bond acceptors (Lipinski definition) is 3. The Morgan fingerprint density at radius 1 is 1.23 bits per heavy atom. The number of likely N-dealkylation sites (N-methyl/N-ethyl adjacent to an activating group) is 1. The molecule has 1 saturated heterocycles. The van der Waals surface area contributed by atoms with Crippen molar-refractivity contribution in [3.05, 3.63) is 0 Å². The van der Waals surface area contributed by atoms with Crippen molar-refractivity contribution < 1.29 is 4.79 Å². The van der Waals surface area contributed by atoms with Gasteiger partial charge in [0.05, 0.1) is 0 Å². The lowest BCUT2D eigenvalue weighted by atomic mass is 10.1. The van der Waals surface area contributed by atoms with Gasteiger partial charge in [0.25, 0.3) is 0 Å². The molecule has 0 aromatic heterocycles. The van der Waals surface area contributed by atoms with Crippen LogP contribution in [-0.2, 0) is 4.79 Å². The van der Waals surface area contributed by atoms with Gasteiger partial charge >= 0.3 is 0 Å². The summed E-state index contributed by atoms with van der Waals surface area (Å²) >= 11 is 0. The summed E-state index contributed by atoms with van der Waals surface area (Å²) in [7, 11) is 2.16. The van der Waals surface area contributed by atoms with E-state index in [1.165, 1.54) is 6.29 Å². The fourth-order valence-corrected chi connectivity index (χ4v) is 1.93. The highest BCUT2D eigenvalue weighted by Gasteiger charge is 2.43. The van der Waals surface area contributed by atoms with E-state index in [1.807, 2.05) is 0 Å². The number of rotatable bonds is 3. The van der Waals surface area contributed by atoms with Crippen LogP contribution in [-0.4, -0.2) is 55.9 Å². The van der Waals surface area contributed by atoms with Crippen molar-refractivity contribution in [2.45, 2.75) is 12.8 Å². The molecule has 0 unspecified atom stereocenters. The smallest absolute Gasteiger partial charge is 0.127 e. The maximum atomic E-state index is 10.8. The largest absolute Gasteiger partial charge is 0.304 e. The summed E-state index contributed by atoms with van der Waals surface area (Å²) < 4.78 is 0. The molecule has 0 aromatic carbocycles. The molecule has 0 atom stereocenters. The summed E-state index contributed by atoms with van der Waals surface area (Å²) in [4.78, 5) is 15.6. The van der Waals surface area contributed by atoms with E-state index in [4.69, 9.17) is 0 Å². The lowest BCUT2D eigenvalue weighted by Crippen LogP contribution is -2.46. The Morgan fingerprint density at radius 3 is 2.31 bits per heavy atom. The Bertz CT molecular complexity index is 193. The molecule has 0 spiro atoms. The average Bonchev–Trinajstić information content (AvgIpc) is 2.90. The van der Waals surface area contributed by atoms with E-state index in [-0.39, 0.29) is 5.41 Å². The van der Waals surface area contributed by atoms with E-state index in [1.54, 1.807) is 0 Å². The van der Waals surface area contributed by atoms with Crippen molar-refractivity contribution in [3.63, 3.8) is 0 Å². The van der Waals surface area contributed by atoms with E-state index >= 15 is 0 Å². The van der Waals surface area contributed by atoms with Crippen LogP contribution in [0.2, 0.25) is 0 Å². The fourth-order valence-electron chi connectivity index (χ4n) is 1.93. The normalized spacial score (nSPS) is 28.7. The van der Waals surface area contributed by atoms with Gasteiger partial charge in [0.2, 0.25) is 0 Å². The third-order valence-electron chi connectivity index (χ3n) is 3.28. The van der Waals surface area contributed by atoms with E-state index in [2.05, 4.69) is 16.8 Å². The Kier molecular flexibility index (Phi) is 2.39. The van der Waals surface area contributed by atoms with Crippen molar-refractivity contribution in [3.8, 4) is 0 Å². The second-order valence-electron chi connectivity index (χ2n) is 4.56. The Balaban J connectivity index is 1.79. The number of nitrogens with zero attached hydrogens (tertiary/aromatic N) is 2. The second-order valence-corrected chi connectivity index (χ2v) is 4.56. The molecule has 1 aliphatic carbocycles. The molecule has 0 bridgehead atoms. The van der Waals surface area contributed by atoms with Crippen LogP contribution in [0.25, 0.3) is 0 Å². The number of piperazine rings is 1. The highest BCUT2D eigenvalue weighted by molar-refractivity contribution is 5.63. The third-order valence-corrected chi connectivity index (χ3v) is 3.28. The molecule has 1 saturated carbocycles. The average molecular weight is 182 g/mol. The van der Waals surface area contributed by atoms with Crippen molar-refractivity contribution in [1.29, 1.82) is 0 Å². The molecule has 2 fully saturated rings. The van der Waals surface area contributed by atoms with Crippen LogP contribution in [0.1, 0.15) is 12.8 Å². The van der Waals surface area contributed by atoms with Gasteiger partial charge in [-0.05, 0) is 19.9 Å². The summed E-state index contributed by atoms with van der Waals surface area (Å²) in [5.41, 5.74) is 0.0654. The van der Waals surface area contributed by atoms with E-state index in [0.717, 1.165) is 45.6 Å². The number of carbonyl (C=O) groups excluding carboxylic acids is 1. The minimum Gasteiger partial charge on any atom is -0.304 e. The molecule has 0 amide bonds. The number of aldehydes is 1. The van der Waals surface area contributed by atoms with Gasteiger partial charge in [0.1, 0.15) is 6.29 Å². The Morgan fingerprint density at radius 2 is 1.85 bits per heavy atom. The van der Waals surface area contributed by atoms with Crippen LogP contribution in [0, 0.1) is 5.41 Å². The van der Waals surface area contributed by atoms with Gasteiger partial charge in [-0.25, -0.2) is 0 Å². The molecule has 0 N–H and O–H groups in total. The SMILES string of the molecule is CN1CCN(CC2(C=O)CC2)CC1. The van der Waals surface area contributed by atoms with Crippen molar-refractivity contribution >= 4 is 6.29 Å². The topological polar surface area (TPSA) is 23.6 Å². The van der Waals surface area contributed by atoms with Gasteiger partial charge in [0.15, 0.2) is 0 Å². The molecule has 74 valence electrons. The van der Waals surface area contributed by atoms with Crippen molar-refractivity contribution in [1.82, 2.24) is 9.80 Å². The molecule has 0 aromatic rings. The molecular weight excluding hydrogens is 164 g/mol. The maximum Gasteiger partial charge on any atom is 0.127 e. The fraction of sp³-hybridized carbons (Fsp3) is 0.900. The predicted octanol–water partition coefficient (Wildman–Crippen LogP) is 0.213. The van der Waals surface area contributed by atoms with Crippen molar-refractivity contribution in [2.75, 3.05) is 39.8 Å². The van der Waals surface area contributed by atoms with Crippen LogP contribution in [0.5, 0.6) is 0 Å². The minimum absolute atomic E-state index is 0.0654. The zero-order valence-corrected chi connectivity index (χ0v) is 8.33. The van der Waals surface area contributed by atoms with Gasteiger partial charge in [-0.1, -0.05) is 0 Å². The Hall–Kier alpha value is -0.410. The van der Waals surface area contributed by atoms with Gasteiger partial charge in [-0.2, -0.15) is 0 Å². The van der Waals surface area contributed by atoms with Crippen LogP contribution < -0.4 is 0 Å². The van der Waals surface area contributed by atoms with Crippen molar-refractivity contribution in [2.24, 2.45) is 5.41 Å². The summed E-state index contributed by atoms with van der Waals surface area (Å²) in [6.45, 7) is 5.56. The zero-order valence-electron chi connectivity index (χ0n) is 8.33. The molecule has 1 aliphatic heterocycles.